The lowest BCUT2D eigenvalue weighted by atomic mass is 10.1. The summed E-state index contributed by atoms with van der Waals surface area (Å²) in [6, 6.07) is 17.2. The second-order valence-corrected chi connectivity index (χ2v) is 10.2. The summed E-state index contributed by atoms with van der Waals surface area (Å²) in [5.41, 5.74) is 2.81. The Kier molecular flexibility index (Phi) is 6.43. The molecule has 0 bridgehead atoms. The highest BCUT2D eigenvalue weighted by Gasteiger charge is 2.29. The van der Waals surface area contributed by atoms with Gasteiger partial charge in [-0.25, -0.2) is 4.98 Å². The van der Waals surface area contributed by atoms with Crippen molar-refractivity contribution in [3.8, 4) is 11.4 Å². The fourth-order valence-electron chi connectivity index (χ4n) is 3.96. The number of ether oxygens (including phenoxy) is 1. The Morgan fingerprint density at radius 1 is 1.21 bits per heavy atom. The summed E-state index contributed by atoms with van der Waals surface area (Å²) in [5.74, 6) is 1.38. The molecule has 6 nitrogen and oxygen atoms in total. The molecule has 0 spiro atoms. The first-order valence-corrected chi connectivity index (χ1v) is 13.0. The molecule has 2 aromatic carbocycles. The molecule has 174 valence electrons. The number of thioether (sulfide) groups is 1. The van der Waals surface area contributed by atoms with E-state index < -0.39 is 0 Å². The van der Waals surface area contributed by atoms with Gasteiger partial charge in [0.05, 0.1) is 23.9 Å². The molecule has 1 fully saturated rings. The second kappa shape index (κ2) is 9.64. The van der Waals surface area contributed by atoms with Gasteiger partial charge in [0.2, 0.25) is 5.91 Å². The van der Waals surface area contributed by atoms with Crippen LogP contribution in [0.5, 0.6) is 5.75 Å². The summed E-state index contributed by atoms with van der Waals surface area (Å²) in [7, 11) is 3.41. The van der Waals surface area contributed by atoms with Crippen LogP contribution in [0, 0.1) is 0 Å². The van der Waals surface area contributed by atoms with Gasteiger partial charge >= 0.3 is 0 Å². The minimum absolute atomic E-state index is 0.0355. The maximum absolute atomic E-state index is 13.7. The molecule has 4 aromatic rings. The van der Waals surface area contributed by atoms with E-state index in [0.717, 1.165) is 45.6 Å². The summed E-state index contributed by atoms with van der Waals surface area (Å²) >= 11 is 2.82. The Hall–Kier alpha value is -3.10. The number of carbonyl (C=O) groups excluding carboxylic acids is 1. The Bertz CT molecular complexity index is 1390. The van der Waals surface area contributed by atoms with Crippen LogP contribution in [0.15, 0.2) is 69.9 Å². The van der Waals surface area contributed by atoms with Crippen LogP contribution in [0.3, 0.4) is 0 Å². The number of nitrogens with zero attached hydrogens (tertiary/aromatic N) is 3. The molecule has 0 N–H and O–H groups in total. The Balaban J connectivity index is 1.41. The molecule has 0 aliphatic heterocycles. The monoisotopic (exact) mass is 491 g/mol. The summed E-state index contributed by atoms with van der Waals surface area (Å²) in [6.07, 6.45) is 2.25. The largest absolute Gasteiger partial charge is 0.497 e. The number of para-hydroxylation sites is 1. The van der Waals surface area contributed by atoms with Crippen LogP contribution in [0.25, 0.3) is 15.9 Å². The predicted octanol–water partition coefficient (Wildman–Crippen LogP) is 5.08. The lowest BCUT2D eigenvalue weighted by Crippen LogP contribution is -2.28. The van der Waals surface area contributed by atoms with E-state index in [2.05, 4.69) is 5.38 Å². The molecule has 0 radical (unpaired) electrons. The highest BCUT2D eigenvalue weighted by atomic mass is 32.2. The first-order valence-electron chi connectivity index (χ1n) is 11.1. The van der Waals surface area contributed by atoms with Gasteiger partial charge in [0.25, 0.3) is 5.56 Å². The summed E-state index contributed by atoms with van der Waals surface area (Å²) in [5, 5.41) is 3.34. The average Bonchev–Trinajstić information content (AvgIpc) is 3.62. The maximum atomic E-state index is 13.7. The van der Waals surface area contributed by atoms with Crippen molar-refractivity contribution < 1.29 is 9.53 Å². The lowest BCUT2D eigenvalue weighted by Gasteiger charge is -2.18. The number of methoxy groups -OCH3 is 1. The van der Waals surface area contributed by atoms with Crippen LogP contribution in [0.4, 0.5) is 0 Å². The molecule has 1 aliphatic carbocycles. The Labute approximate surface area is 206 Å². The Morgan fingerprint density at radius 3 is 2.74 bits per heavy atom. The molecule has 34 heavy (non-hydrogen) atoms. The highest BCUT2D eigenvalue weighted by molar-refractivity contribution is 7.99. The molecule has 2 aromatic heterocycles. The quantitative estimate of drug-likeness (QED) is 0.254. The molecular weight excluding hydrogens is 466 g/mol. The first kappa shape index (κ1) is 22.7. The molecule has 2 heterocycles. The van der Waals surface area contributed by atoms with E-state index in [9.17, 15) is 9.59 Å². The second-order valence-electron chi connectivity index (χ2n) is 8.41. The van der Waals surface area contributed by atoms with Crippen molar-refractivity contribution in [2.24, 2.45) is 0 Å². The topological polar surface area (TPSA) is 64.4 Å². The van der Waals surface area contributed by atoms with Crippen molar-refractivity contribution in [3.05, 3.63) is 81.5 Å². The van der Waals surface area contributed by atoms with Crippen molar-refractivity contribution >= 4 is 39.2 Å². The van der Waals surface area contributed by atoms with Gasteiger partial charge in [-0.2, -0.15) is 0 Å². The SMILES string of the molecule is COc1cccc(CN(C)C(=O)CSc2nc3scc(C4CC4)c3c(=O)n2-c2ccccc2)c1. The number of hydrogen-bond acceptors (Lipinski definition) is 6. The molecule has 0 unspecified atom stereocenters. The standard InChI is InChI=1S/C26H25N3O3S2/c1-28(14-17-7-6-10-20(13-17)32-2)22(30)16-34-26-27-24-23(21(15-33-24)18-11-12-18)25(31)29(26)19-8-4-3-5-9-19/h3-10,13,15,18H,11-12,14,16H2,1-2H3. The fraction of sp³-hybridized carbons (Fsp3) is 0.269. The van der Waals surface area contributed by atoms with Crippen molar-refractivity contribution in [1.82, 2.24) is 14.5 Å². The Morgan fingerprint density at radius 2 is 2.00 bits per heavy atom. The molecule has 5 rings (SSSR count). The molecule has 1 aliphatic rings. The third-order valence-corrected chi connectivity index (χ3v) is 7.76. The van der Waals surface area contributed by atoms with E-state index in [0.29, 0.717) is 17.6 Å². The normalized spacial score (nSPS) is 13.2. The number of thiophene rings is 1. The lowest BCUT2D eigenvalue weighted by molar-refractivity contribution is -0.127. The zero-order valence-electron chi connectivity index (χ0n) is 19.1. The number of rotatable bonds is 8. The van der Waals surface area contributed by atoms with Crippen LogP contribution >= 0.6 is 23.1 Å². The van der Waals surface area contributed by atoms with Gasteiger partial charge in [-0.15, -0.1) is 11.3 Å². The third-order valence-electron chi connectivity index (χ3n) is 5.94. The smallest absolute Gasteiger partial charge is 0.267 e. The zero-order chi connectivity index (χ0) is 23.7. The minimum Gasteiger partial charge on any atom is -0.497 e. The number of fused-ring (bicyclic) bond motifs is 1. The molecule has 0 atom stereocenters. The van der Waals surface area contributed by atoms with Crippen LogP contribution in [0.2, 0.25) is 0 Å². The number of carbonyl (C=O) groups is 1. The van der Waals surface area contributed by atoms with Crippen molar-refractivity contribution in [2.75, 3.05) is 19.9 Å². The number of benzene rings is 2. The van der Waals surface area contributed by atoms with Gasteiger partial charge in [0, 0.05) is 13.6 Å². The van der Waals surface area contributed by atoms with Gasteiger partial charge in [-0.3, -0.25) is 14.2 Å². The third kappa shape index (κ3) is 4.60. The van der Waals surface area contributed by atoms with Crippen molar-refractivity contribution in [3.63, 3.8) is 0 Å². The van der Waals surface area contributed by atoms with E-state index in [4.69, 9.17) is 9.72 Å². The fourth-order valence-corrected chi connectivity index (χ4v) is 5.97. The summed E-state index contributed by atoms with van der Waals surface area (Å²) < 4.78 is 6.93. The van der Waals surface area contributed by atoms with E-state index in [-0.39, 0.29) is 17.2 Å². The number of hydrogen-bond donors (Lipinski definition) is 0. The molecular formula is C26H25N3O3S2. The molecule has 1 amide bonds. The van der Waals surface area contributed by atoms with Crippen LogP contribution in [0.1, 0.15) is 29.9 Å². The van der Waals surface area contributed by atoms with Crippen LogP contribution in [-0.4, -0.2) is 40.3 Å². The first-order chi connectivity index (χ1) is 16.5. The van der Waals surface area contributed by atoms with Gasteiger partial charge in [0.1, 0.15) is 10.6 Å². The number of amides is 1. The minimum atomic E-state index is -0.0564. The summed E-state index contributed by atoms with van der Waals surface area (Å²) in [4.78, 5) is 33.9. The summed E-state index contributed by atoms with van der Waals surface area (Å²) in [6.45, 7) is 0.476. The van der Waals surface area contributed by atoms with Gasteiger partial charge in [-0.1, -0.05) is 42.1 Å². The molecule has 0 saturated heterocycles. The van der Waals surface area contributed by atoms with E-state index in [1.54, 1.807) is 23.6 Å². The van der Waals surface area contributed by atoms with Crippen LogP contribution < -0.4 is 10.3 Å². The predicted molar refractivity (Wildman–Crippen MR) is 137 cm³/mol. The maximum Gasteiger partial charge on any atom is 0.267 e. The van der Waals surface area contributed by atoms with Gasteiger partial charge < -0.3 is 9.64 Å². The average molecular weight is 492 g/mol. The van der Waals surface area contributed by atoms with E-state index >= 15 is 0 Å². The van der Waals surface area contributed by atoms with Crippen molar-refractivity contribution in [1.29, 1.82) is 0 Å². The van der Waals surface area contributed by atoms with Crippen LogP contribution in [-0.2, 0) is 11.3 Å². The van der Waals surface area contributed by atoms with E-state index in [1.807, 2.05) is 54.6 Å². The highest BCUT2D eigenvalue weighted by Crippen LogP contribution is 2.44. The molecule has 8 heteroatoms. The number of aromatic nitrogens is 2. The molecule has 1 saturated carbocycles. The van der Waals surface area contributed by atoms with E-state index in [1.165, 1.54) is 23.1 Å². The zero-order valence-corrected chi connectivity index (χ0v) is 20.7. The van der Waals surface area contributed by atoms with Gasteiger partial charge in [0.15, 0.2) is 5.16 Å². The van der Waals surface area contributed by atoms with Gasteiger partial charge in [-0.05, 0) is 59.5 Å². The van der Waals surface area contributed by atoms with Crippen molar-refractivity contribution in [2.45, 2.75) is 30.5 Å².